The molecule has 0 radical (unpaired) electrons. The first-order valence-corrected chi connectivity index (χ1v) is 7.61. The average molecular weight is 235 g/mol. The molecule has 2 aliphatic carbocycles. The van der Waals surface area contributed by atoms with Crippen LogP contribution in [0.25, 0.3) is 0 Å². The van der Waals surface area contributed by atoms with Gasteiger partial charge in [-0.3, -0.25) is 9.69 Å². The zero-order chi connectivity index (χ0) is 11.7. The van der Waals surface area contributed by atoms with Crippen LogP contribution in [-0.2, 0) is 4.79 Å². The Hall–Kier alpha value is -0.370. The number of hydrogen-bond acceptors (Lipinski definition) is 2. The van der Waals surface area contributed by atoms with E-state index in [4.69, 9.17) is 0 Å². The third-order valence-corrected chi connectivity index (χ3v) is 5.20. The Bertz CT molecular complexity index is 283. The summed E-state index contributed by atoms with van der Waals surface area (Å²) in [5.41, 5.74) is 0. The molecule has 1 aliphatic heterocycles. The van der Waals surface area contributed by atoms with Crippen molar-refractivity contribution in [1.29, 1.82) is 0 Å². The Balaban J connectivity index is 1.60. The fraction of sp³-hybridized carbons (Fsp3) is 0.933. The Morgan fingerprint density at radius 2 is 1.82 bits per heavy atom. The Labute approximate surface area is 105 Å². The van der Waals surface area contributed by atoms with Crippen LogP contribution in [0, 0.1) is 11.8 Å². The van der Waals surface area contributed by atoms with E-state index in [0.717, 1.165) is 18.8 Å². The number of Topliss-reactive ketones (excluding diaryl/α,β-unsaturated/α-hetero) is 1. The summed E-state index contributed by atoms with van der Waals surface area (Å²) in [6.07, 6.45) is 11.5. The molecule has 3 aliphatic rings. The lowest BCUT2D eigenvalue weighted by Gasteiger charge is -2.30. The number of ketones is 1. The monoisotopic (exact) mass is 235 g/mol. The zero-order valence-electron chi connectivity index (χ0n) is 10.9. The third kappa shape index (κ3) is 2.42. The van der Waals surface area contributed by atoms with Gasteiger partial charge in [0.2, 0.25) is 0 Å². The molecule has 0 aromatic rings. The van der Waals surface area contributed by atoms with Crippen molar-refractivity contribution in [3.63, 3.8) is 0 Å². The molecule has 2 nitrogen and oxygen atoms in total. The van der Waals surface area contributed by atoms with Crippen molar-refractivity contribution in [3.05, 3.63) is 0 Å². The summed E-state index contributed by atoms with van der Waals surface area (Å²) in [5, 5.41) is 0. The van der Waals surface area contributed by atoms with Crippen molar-refractivity contribution in [2.24, 2.45) is 11.8 Å². The van der Waals surface area contributed by atoms with Gasteiger partial charge in [0.25, 0.3) is 0 Å². The Kier molecular flexibility index (Phi) is 3.51. The molecule has 1 saturated heterocycles. The van der Waals surface area contributed by atoms with Crippen molar-refractivity contribution in [2.45, 2.75) is 63.8 Å². The molecule has 0 spiro atoms. The highest BCUT2D eigenvalue weighted by atomic mass is 16.1. The molecular weight excluding hydrogens is 210 g/mol. The number of nitrogens with zero attached hydrogens (tertiary/aromatic N) is 1. The van der Waals surface area contributed by atoms with Crippen molar-refractivity contribution in [1.82, 2.24) is 4.90 Å². The van der Waals surface area contributed by atoms with Crippen LogP contribution in [0.3, 0.4) is 0 Å². The number of hydrogen-bond donors (Lipinski definition) is 0. The Morgan fingerprint density at radius 3 is 2.53 bits per heavy atom. The summed E-state index contributed by atoms with van der Waals surface area (Å²) in [4.78, 5) is 14.6. The standard InChI is InChI=1S/C15H25NO/c17-15-9-3-7-13(15)14-8-4-10-16(14)11-12-5-1-2-6-12/h12-14H,1-11H2. The third-order valence-electron chi connectivity index (χ3n) is 5.20. The van der Waals surface area contributed by atoms with Gasteiger partial charge in [0.05, 0.1) is 0 Å². The van der Waals surface area contributed by atoms with Crippen LogP contribution in [0.1, 0.15) is 57.8 Å². The summed E-state index contributed by atoms with van der Waals surface area (Å²) in [5.74, 6) is 1.90. The Morgan fingerprint density at radius 1 is 1.00 bits per heavy atom. The van der Waals surface area contributed by atoms with Crippen LogP contribution in [0.5, 0.6) is 0 Å². The molecule has 2 heteroatoms. The molecule has 0 amide bonds. The van der Waals surface area contributed by atoms with E-state index in [1.165, 1.54) is 58.0 Å². The molecule has 0 bridgehead atoms. The highest BCUT2D eigenvalue weighted by Gasteiger charge is 2.38. The van der Waals surface area contributed by atoms with Crippen LogP contribution < -0.4 is 0 Å². The van der Waals surface area contributed by atoms with E-state index in [0.29, 0.717) is 17.7 Å². The van der Waals surface area contributed by atoms with Gasteiger partial charge in [-0.2, -0.15) is 0 Å². The summed E-state index contributed by atoms with van der Waals surface area (Å²) >= 11 is 0. The van der Waals surface area contributed by atoms with Gasteiger partial charge in [-0.25, -0.2) is 0 Å². The molecule has 0 aromatic carbocycles. The lowest BCUT2D eigenvalue weighted by atomic mass is 9.94. The van der Waals surface area contributed by atoms with E-state index < -0.39 is 0 Å². The molecule has 3 fully saturated rings. The minimum atomic E-state index is 0.402. The van der Waals surface area contributed by atoms with E-state index in [1.807, 2.05) is 0 Å². The topological polar surface area (TPSA) is 20.3 Å². The van der Waals surface area contributed by atoms with Gasteiger partial charge in [-0.15, -0.1) is 0 Å². The van der Waals surface area contributed by atoms with Crippen LogP contribution in [0.2, 0.25) is 0 Å². The molecule has 2 unspecified atom stereocenters. The molecule has 3 rings (SSSR count). The molecular formula is C15H25NO. The minimum Gasteiger partial charge on any atom is -0.299 e. The summed E-state index contributed by atoms with van der Waals surface area (Å²) in [6.45, 7) is 2.54. The lowest BCUT2D eigenvalue weighted by molar-refractivity contribution is -0.122. The van der Waals surface area contributed by atoms with Gasteiger partial charge in [0.1, 0.15) is 5.78 Å². The summed E-state index contributed by atoms with van der Waals surface area (Å²) in [6, 6.07) is 0.616. The first-order chi connectivity index (χ1) is 8.34. The maximum Gasteiger partial charge on any atom is 0.137 e. The maximum atomic E-state index is 11.9. The molecule has 2 saturated carbocycles. The number of rotatable bonds is 3. The van der Waals surface area contributed by atoms with E-state index >= 15 is 0 Å². The predicted molar refractivity (Wildman–Crippen MR) is 68.9 cm³/mol. The van der Waals surface area contributed by atoms with Gasteiger partial charge < -0.3 is 0 Å². The minimum absolute atomic E-state index is 0.402. The zero-order valence-corrected chi connectivity index (χ0v) is 10.9. The first kappa shape index (κ1) is 11.7. The predicted octanol–water partition coefficient (Wildman–Crippen LogP) is 3.01. The smallest absolute Gasteiger partial charge is 0.137 e. The van der Waals surface area contributed by atoms with Crippen LogP contribution in [0.4, 0.5) is 0 Å². The fourth-order valence-electron chi connectivity index (χ4n) is 4.31. The number of carbonyl (C=O) groups is 1. The second kappa shape index (κ2) is 5.09. The average Bonchev–Trinajstić information content (AvgIpc) is 3.00. The maximum absolute atomic E-state index is 11.9. The SMILES string of the molecule is O=C1CCCC1C1CCCN1CC1CCCC1. The second-order valence-electron chi connectivity index (χ2n) is 6.32. The highest BCUT2D eigenvalue weighted by molar-refractivity contribution is 5.83. The van der Waals surface area contributed by atoms with E-state index in [-0.39, 0.29) is 0 Å². The first-order valence-electron chi connectivity index (χ1n) is 7.61. The normalized spacial score (nSPS) is 36.1. The highest BCUT2D eigenvalue weighted by Crippen LogP contribution is 2.35. The molecule has 0 aromatic heterocycles. The van der Waals surface area contributed by atoms with Crippen molar-refractivity contribution in [2.75, 3.05) is 13.1 Å². The number of likely N-dealkylation sites (tertiary alicyclic amines) is 1. The van der Waals surface area contributed by atoms with E-state index in [2.05, 4.69) is 4.90 Å². The summed E-state index contributed by atoms with van der Waals surface area (Å²) < 4.78 is 0. The second-order valence-corrected chi connectivity index (χ2v) is 6.32. The number of carbonyl (C=O) groups excluding carboxylic acids is 1. The molecule has 2 atom stereocenters. The van der Waals surface area contributed by atoms with Crippen molar-refractivity contribution >= 4 is 5.78 Å². The van der Waals surface area contributed by atoms with Crippen molar-refractivity contribution < 1.29 is 4.79 Å². The molecule has 17 heavy (non-hydrogen) atoms. The van der Waals surface area contributed by atoms with Gasteiger partial charge in [0.15, 0.2) is 0 Å². The molecule has 1 heterocycles. The quantitative estimate of drug-likeness (QED) is 0.749. The lowest BCUT2D eigenvalue weighted by Crippen LogP contribution is -2.39. The van der Waals surface area contributed by atoms with E-state index in [1.54, 1.807) is 0 Å². The van der Waals surface area contributed by atoms with Gasteiger partial charge in [-0.05, 0) is 51.0 Å². The van der Waals surface area contributed by atoms with Crippen molar-refractivity contribution in [3.8, 4) is 0 Å². The molecule has 96 valence electrons. The molecule has 0 N–H and O–H groups in total. The van der Waals surface area contributed by atoms with Crippen LogP contribution in [-0.4, -0.2) is 29.8 Å². The summed E-state index contributed by atoms with van der Waals surface area (Å²) in [7, 11) is 0. The van der Waals surface area contributed by atoms with Crippen LogP contribution >= 0.6 is 0 Å². The fourth-order valence-corrected chi connectivity index (χ4v) is 4.31. The largest absolute Gasteiger partial charge is 0.299 e. The van der Waals surface area contributed by atoms with Gasteiger partial charge in [-0.1, -0.05) is 12.8 Å². The van der Waals surface area contributed by atoms with E-state index in [9.17, 15) is 4.79 Å². The van der Waals surface area contributed by atoms with Gasteiger partial charge >= 0.3 is 0 Å². The van der Waals surface area contributed by atoms with Crippen LogP contribution in [0.15, 0.2) is 0 Å². The van der Waals surface area contributed by atoms with Gasteiger partial charge in [0, 0.05) is 24.9 Å².